The van der Waals surface area contributed by atoms with E-state index < -0.39 is 0 Å². The van der Waals surface area contributed by atoms with Gasteiger partial charge in [0, 0.05) is 24.0 Å². The van der Waals surface area contributed by atoms with Crippen LogP contribution in [0.3, 0.4) is 0 Å². The molecule has 1 N–H and O–H groups in total. The van der Waals surface area contributed by atoms with Crippen LogP contribution in [0.25, 0.3) is 10.9 Å². The molecule has 1 aromatic carbocycles. The molecule has 0 bridgehead atoms. The molecular formula is C15H23N3. The van der Waals surface area contributed by atoms with Crippen LogP contribution in [0.1, 0.15) is 39.8 Å². The molecule has 0 aliphatic carbocycles. The minimum absolute atomic E-state index is 0.164. The first-order chi connectivity index (χ1) is 8.57. The van der Waals surface area contributed by atoms with Crippen molar-refractivity contribution in [2.45, 2.75) is 52.7 Å². The molecular weight excluding hydrogens is 222 g/mol. The van der Waals surface area contributed by atoms with Crippen molar-refractivity contribution in [3.8, 4) is 0 Å². The van der Waals surface area contributed by atoms with Gasteiger partial charge in [0.2, 0.25) is 0 Å². The van der Waals surface area contributed by atoms with Crippen LogP contribution in [0, 0.1) is 0 Å². The molecule has 2 aromatic rings. The van der Waals surface area contributed by atoms with E-state index in [1.165, 1.54) is 10.9 Å². The largest absolute Gasteiger partial charge is 0.306 e. The number of aromatic nitrogens is 2. The summed E-state index contributed by atoms with van der Waals surface area (Å²) in [6, 6.07) is 8.45. The Kier molecular flexibility index (Phi) is 3.71. The minimum atomic E-state index is 0.164. The Labute approximate surface area is 109 Å². The lowest BCUT2D eigenvalue weighted by Gasteiger charge is -2.24. The van der Waals surface area contributed by atoms with Crippen LogP contribution in [0.15, 0.2) is 24.3 Å². The quantitative estimate of drug-likeness (QED) is 0.875. The maximum Gasteiger partial charge on any atom is 0.0841 e. The molecule has 0 aliphatic heterocycles. The van der Waals surface area contributed by atoms with E-state index in [9.17, 15) is 0 Å². The average molecular weight is 245 g/mol. The fraction of sp³-hybridized carbons (Fsp3) is 0.533. The highest BCUT2D eigenvalue weighted by Crippen LogP contribution is 2.19. The Bertz CT molecular complexity index is 526. The van der Waals surface area contributed by atoms with Gasteiger partial charge in [0.25, 0.3) is 0 Å². The molecule has 0 radical (unpaired) electrons. The summed E-state index contributed by atoms with van der Waals surface area (Å²) in [4.78, 5) is 0. The highest BCUT2D eigenvalue weighted by molar-refractivity contribution is 5.81. The molecule has 0 aliphatic rings. The first-order valence-corrected chi connectivity index (χ1v) is 6.77. The molecule has 2 rings (SSSR count). The highest BCUT2D eigenvalue weighted by Gasteiger charge is 2.16. The van der Waals surface area contributed by atoms with Crippen molar-refractivity contribution in [2.75, 3.05) is 0 Å². The first-order valence-electron chi connectivity index (χ1n) is 6.77. The van der Waals surface area contributed by atoms with E-state index in [2.05, 4.69) is 62.0 Å². The molecule has 98 valence electrons. The maximum atomic E-state index is 4.70. The lowest BCUT2D eigenvalue weighted by molar-refractivity contribution is 0.372. The van der Waals surface area contributed by atoms with Crippen molar-refractivity contribution in [1.29, 1.82) is 0 Å². The second kappa shape index (κ2) is 5.11. The SMILES string of the molecule is CCn1nc(CNC(C)(C)CC)c2ccccc21. The molecule has 0 spiro atoms. The van der Waals surface area contributed by atoms with Gasteiger partial charge in [0.05, 0.1) is 11.2 Å². The molecule has 0 amide bonds. The van der Waals surface area contributed by atoms with Crippen molar-refractivity contribution in [2.24, 2.45) is 0 Å². The van der Waals surface area contributed by atoms with Gasteiger partial charge in [-0.25, -0.2) is 0 Å². The van der Waals surface area contributed by atoms with E-state index in [1.807, 2.05) is 0 Å². The number of benzene rings is 1. The summed E-state index contributed by atoms with van der Waals surface area (Å²) in [7, 11) is 0. The van der Waals surface area contributed by atoms with Crippen LogP contribution >= 0.6 is 0 Å². The Morgan fingerprint density at radius 2 is 1.94 bits per heavy atom. The van der Waals surface area contributed by atoms with Crippen LogP contribution in [-0.2, 0) is 13.1 Å². The number of para-hydroxylation sites is 1. The molecule has 1 heterocycles. The van der Waals surface area contributed by atoms with E-state index in [0.717, 1.165) is 25.2 Å². The fourth-order valence-corrected chi connectivity index (χ4v) is 2.02. The van der Waals surface area contributed by atoms with Gasteiger partial charge < -0.3 is 5.32 Å². The summed E-state index contributed by atoms with van der Waals surface area (Å²) < 4.78 is 2.07. The molecule has 18 heavy (non-hydrogen) atoms. The normalized spacial score (nSPS) is 12.2. The van der Waals surface area contributed by atoms with Gasteiger partial charge in [-0.15, -0.1) is 0 Å². The Hall–Kier alpha value is -1.35. The van der Waals surface area contributed by atoms with Crippen LogP contribution in [-0.4, -0.2) is 15.3 Å². The number of aryl methyl sites for hydroxylation is 1. The number of fused-ring (bicyclic) bond motifs is 1. The second-order valence-electron chi connectivity index (χ2n) is 5.37. The number of rotatable bonds is 5. The number of hydrogen-bond donors (Lipinski definition) is 1. The lowest BCUT2D eigenvalue weighted by Crippen LogP contribution is -2.37. The van der Waals surface area contributed by atoms with Crippen molar-refractivity contribution >= 4 is 10.9 Å². The zero-order valence-corrected chi connectivity index (χ0v) is 11.8. The Morgan fingerprint density at radius 1 is 1.22 bits per heavy atom. The minimum Gasteiger partial charge on any atom is -0.306 e. The van der Waals surface area contributed by atoms with Crippen LogP contribution in [0.4, 0.5) is 0 Å². The van der Waals surface area contributed by atoms with Crippen LogP contribution in [0.5, 0.6) is 0 Å². The Balaban J connectivity index is 2.28. The van der Waals surface area contributed by atoms with Crippen LogP contribution in [0.2, 0.25) is 0 Å². The number of nitrogens with one attached hydrogen (secondary N) is 1. The zero-order chi connectivity index (χ0) is 13.2. The molecule has 0 fully saturated rings. The average Bonchev–Trinajstić information content (AvgIpc) is 2.75. The third-order valence-electron chi connectivity index (χ3n) is 3.65. The van der Waals surface area contributed by atoms with Crippen LogP contribution < -0.4 is 5.32 Å². The van der Waals surface area contributed by atoms with Gasteiger partial charge in [0.1, 0.15) is 0 Å². The van der Waals surface area contributed by atoms with Gasteiger partial charge in [-0.1, -0.05) is 25.1 Å². The van der Waals surface area contributed by atoms with Gasteiger partial charge in [-0.05, 0) is 33.3 Å². The van der Waals surface area contributed by atoms with Gasteiger partial charge in [0.15, 0.2) is 0 Å². The summed E-state index contributed by atoms with van der Waals surface area (Å²) in [6.07, 6.45) is 1.11. The van der Waals surface area contributed by atoms with E-state index in [1.54, 1.807) is 0 Å². The van der Waals surface area contributed by atoms with Crippen molar-refractivity contribution < 1.29 is 0 Å². The summed E-state index contributed by atoms with van der Waals surface area (Å²) in [5.74, 6) is 0. The van der Waals surface area contributed by atoms with Crippen molar-refractivity contribution in [3.05, 3.63) is 30.0 Å². The molecule has 3 nitrogen and oxygen atoms in total. The van der Waals surface area contributed by atoms with Gasteiger partial charge >= 0.3 is 0 Å². The third kappa shape index (κ3) is 2.56. The Morgan fingerprint density at radius 3 is 2.61 bits per heavy atom. The predicted molar refractivity (Wildman–Crippen MR) is 76.6 cm³/mol. The standard InChI is InChI=1S/C15H23N3/c1-5-15(3,4)16-11-13-12-9-7-8-10-14(12)18(6-2)17-13/h7-10,16H,5-6,11H2,1-4H3. The molecule has 3 heteroatoms. The van der Waals surface area contributed by atoms with Crippen molar-refractivity contribution in [1.82, 2.24) is 15.1 Å². The summed E-state index contributed by atoms with van der Waals surface area (Å²) in [6.45, 7) is 10.5. The molecule has 1 aromatic heterocycles. The fourth-order valence-electron chi connectivity index (χ4n) is 2.02. The van der Waals surface area contributed by atoms with E-state index >= 15 is 0 Å². The summed E-state index contributed by atoms with van der Waals surface area (Å²) in [5, 5.41) is 9.54. The van der Waals surface area contributed by atoms with E-state index in [-0.39, 0.29) is 5.54 Å². The highest BCUT2D eigenvalue weighted by atomic mass is 15.3. The van der Waals surface area contributed by atoms with Gasteiger partial charge in [-0.2, -0.15) is 5.10 Å². The molecule has 0 saturated carbocycles. The summed E-state index contributed by atoms with van der Waals surface area (Å²) >= 11 is 0. The smallest absolute Gasteiger partial charge is 0.0841 e. The van der Waals surface area contributed by atoms with E-state index in [0.29, 0.717) is 0 Å². The maximum absolute atomic E-state index is 4.70. The predicted octanol–water partition coefficient (Wildman–Crippen LogP) is 3.33. The van der Waals surface area contributed by atoms with Crippen molar-refractivity contribution in [3.63, 3.8) is 0 Å². The molecule has 0 atom stereocenters. The number of hydrogen-bond acceptors (Lipinski definition) is 2. The van der Waals surface area contributed by atoms with E-state index in [4.69, 9.17) is 5.10 Å². The monoisotopic (exact) mass is 245 g/mol. The molecule has 0 unspecified atom stereocenters. The summed E-state index contributed by atoms with van der Waals surface area (Å²) in [5.41, 5.74) is 2.54. The number of nitrogens with zero attached hydrogens (tertiary/aromatic N) is 2. The lowest BCUT2D eigenvalue weighted by atomic mass is 10.0. The third-order valence-corrected chi connectivity index (χ3v) is 3.65. The topological polar surface area (TPSA) is 29.9 Å². The zero-order valence-electron chi connectivity index (χ0n) is 11.8. The first kappa shape index (κ1) is 13.1. The molecule has 0 saturated heterocycles. The second-order valence-corrected chi connectivity index (χ2v) is 5.37. The van der Waals surface area contributed by atoms with Gasteiger partial charge in [-0.3, -0.25) is 4.68 Å².